The van der Waals surface area contributed by atoms with Gasteiger partial charge in [-0.15, -0.1) is 34.0 Å². The van der Waals surface area contributed by atoms with Crippen LogP contribution in [0.5, 0.6) is 0 Å². The summed E-state index contributed by atoms with van der Waals surface area (Å²) in [6.07, 6.45) is 0. The highest BCUT2D eigenvalue weighted by atomic mass is 32.1. The number of thiophene rings is 3. The first kappa shape index (κ1) is 88.4. The van der Waals surface area contributed by atoms with Crippen molar-refractivity contribution in [3.05, 3.63) is 510 Å². The van der Waals surface area contributed by atoms with Gasteiger partial charge in [-0.05, 0) is 152 Å². The lowest BCUT2D eigenvalue weighted by Gasteiger charge is -2.11. The van der Waals surface area contributed by atoms with Gasteiger partial charge in [-0.25, -0.2) is 15.0 Å². The standard InChI is InChI=1S/3C45H28N4S/c1-2-12-30(13-3-1)43-46-44(48-45(47-43)49-39-21-7-4-16-35(39)36-17-5-8-22-40(36)49)31-26-24-29(25-27-31)32-14-10-15-33(28-32)34-19-11-20-38-37-18-6-9-23-41(37)50-42(34)38;1-2-12-30(13-3-1)43-46-44(48-45(47-43)49-38-20-7-4-16-35(38)36-17-5-8-21-39(36)49)31-26-24-29(25-27-31)32-14-10-15-33(28-32)34-19-11-23-41-42(34)37-18-6-9-22-40(37)50-41;1-2-11-30(12-3-1)43-46-44(48-45(47-43)49-39-18-7-4-15-35(39)36-16-5-8-19-40(36)49)31-23-21-29(22-24-31)32-13-10-14-33(27-32)34-25-26-38-37-17-6-9-20-41(37)50-42(38)28-34/h3*1-28H. The minimum absolute atomic E-state index is 0.596. The van der Waals surface area contributed by atoms with Crippen molar-refractivity contribution >= 4 is 160 Å². The summed E-state index contributed by atoms with van der Waals surface area (Å²) in [7, 11) is 0. The second-order valence-corrected chi connectivity index (χ2v) is 40.6. The fourth-order valence-electron chi connectivity index (χ4n) is 21.3. The Hall–Kier alpha value is -19.3. The summed E-state index contributed by atoms with van der Waals surface area (Å²) in [6.45, 7) is 0. The molecule has 0 saturated heterocycles. The van der Waals surface area contributed by atoms with E-state index in [0.717, 1.165) is 94.3 Å². The highest BCUT2D eigenvalue weighted by Crippen LogP contribution is 2.47. The largest absolute Gasteiger partial charge is 0.278 e. The van der Waals surface area contributed by atoms with Crippen LogP contribution in [0.1, 0.15) is 0 Å². The predicted octanol–water partition coefficient (Wildman–Crippen LogP) is 36.0. The van der Waals surface area contributed by atoms with E-state index >= 15 is 0 Å². The van der Waals surface area contributed by atoms with Crippen molar-refractivity contribution in [1.82, 2.24) is 58.6 Å². The molecule has 0 aliphatic carbocycles. The zero-order valence-corrected chi connectivity index (χ0v) is 83.0. The third-order valence-electron chi connectivity index (χ3n) is 28.5. The smallest absolute Gasteiger partial charge is 0.238 e. The lowest BCUT2D eigenvalue weighted by atomic mass is 9.95. The minimum atomic E-state index is 0.596. The molecule has 15 heteroatoms. The predicted molar refractivity (Wildman–Crippen MR) is 626 cm³/mol. The van der Waals surface area contributed by atoms with Crippen LogP contribution in [0.15, 0.2) is 510 Å². The molecule has 12 nitrogen and oxygen atoms in total. The van der Waals surface area contributed by atoms with Gasteiger partial charge in [-0.2, -0.15) is 29.9 Å². The van der Waals surface area contributed by atoms with Crippen molar-refractivity contribution in [3.8, 4) is 153 Å². The molecule has 9 aromatic heterocycles. The summed E-state index contributed by atoms with van der Waals surface area (Å²) in [5, 5.41) is 14.9. The molecule has 0 saturated carbocycles. The second-order valence-electron chi connectivity index (χ2n) is 37.4. The second kappa shape index (κ2) is 37.7. The van der Waals surface area contributed by atoms with Crippen LogP contribution in [-0.2, 0) is 0 Å². The average Bonchev–Trinajstić information content (AvgIpc) is 1.60. The van der Waals surface area contributed by atoms with Crippen LogP contribution < -0.4 is 0 Å². The van der Waals surface area contributed by atoms with Gasteiger partial charge in [0.25, 0.3) is 0 Å². The van der Waals surface area contributed by atoms with Gasteiger partial charge in [0.15, 0.2) is 34.9 Å². The van der Waals surface area contributed by atoms with E-state index in [9.17, 15) is 0 Å². The maximum atomic E-state index is 5.12. The molecule has 150 heavy (non-hydrogen) atoms. The Morgan fingerprint density at radius 2 is 0.367 bits per heavy atom. The zero-order valence-electron chi connectivity index (χ0n) is 80.6. The Bertz CT molecular complexity index is 10300. The number of rotatable bonds is 15. The van der Waals surface area contributed by atoms with Crippen molar-refractivity contribution in [2.45, 2.75) is 0 Å². The SMILES string of the molecule is c1ccc(-c2nc(-c3ccc(-c4cccc(-c5ccc6c(c5)sc5ccccc56)c4)cc3)nc(-n3c4ccccc4c4ccccc43)n2)cc1.c1ccc(-c2nc(-c3ccc(-c4cccc(-c5cccc6c5sc5ccccc56)c4)cc3)nc(-n3c4ccccc4c4ccccc43)n2)cc1.c1ccc(-c2nc(-c3ccc(-c4cccc(-c5cccc6sc7ccccc7c56)c4)cc3)nc(-n3c4ccccc4c4ccccc43)n2)cc1. The van der Waals surface area contributed by atoms with Gasteiger partial charge in [0.05, 0.1) is 33.1 Å². The van der Waals surface area contributed by atoms with Crippen molar-refractivity contribution in [1.29, 1.82) is 0 Å². The molecule has 0 spiro atoms. The molecule has 21 aromatic carbocycles. The minimum Gasteiger partial charge on any atom is -0.278 e. The number of hydrogen-bond donors (Lipinski definition) is 0. The molecule has 9 heterocycles. The van der Waals surface area contributed by atoms with Gasteiger partial charge >= 0.3 is 0 Å². The van der Waals surface area contributed by atoms with E-state index < -0.39 is 0 Å². The van der Waals surface area contributed by atoms with Gasteiger partial charge in [-0.3, -0.25) is 13.7 Å². The molecule has 0 bridgehead atoms. The van der Waals surface area contributed by atoms with E-state index in [1.807, 2.05) is 125 Å². The highest BCUT2D eigenvalue weighted by molar-refractivity contribution is 7.27. The number of hydrogen-bond acceptors (Lipinski definition) is 12. The van der Waals surface area contributed by atoms with E-state index in [1.54, 1.807) is 0 Å². The Morgan fingerprint density at radius 3 is 0.760 bits per heavy atom. The Kier molecular flexibility index (Phi) is 22.2. The van der Waals surface area contributed by atoms with E-state index in [-0.39, 0.29) is 0 Å². The fourth-order valence-corrected chi connectivity index (χ4v) is 24.8. The Labute approximate surface area is 874 Å². The summed E-state index contributed by atoms with van der Waals surface area (Å²) < 4.78 is 14.4. The fraction of sp³-hybridized carbons (Fsp3) is 0. The van der Waals surface area contributed by atoms with Crippen LogP contribution in [0.3, 0.4) is 0 Å². The maximum absolute atomic E-state index is 5.12. The van der Waals surface area contributed by atoms with E-state index in [0.29, 0.717) is 52.8 Å². The van der Waals surface area contributed by atoms with Crippen LogP contribution in [-0.4, -0.2) is 58.6 Å². The summed E-state index contributed by atoms with van der Waals surface area (Å²) in [5.41, 5.74) is 26.3. The van der Waals surface area contributed by atoms with E-state index in [1.165, 1.54) is 132 Å². The molecule has 30 rings (SSSR count). The van der Waals surface area contributed by atoms with Crippen molar-refractivity contribution < 1.29 is 0 Å². The first-order valence-corrected chi connectivity index (χ1v) is 52.5. The number of benzene rings is 21. The summed E-state index contributed by atoms with van der Waals surface area (Å²) >= 11 is 5.57. The van der Waals surface area contributed by atoms with Gasteiger partial charge < -0.3 is 0 Å². The lowest BCUT2D eigenvalue weighted by molar-refractivity contribution is 0.953. The average molecular weight is 1970 g/mol. The van der Waals surface area contributed by atoms with Crippen molar-refractivity contribution in [3.63, 3.8) is 0 Å². The molecule has 0 radical (unpaired) electrons. The van der Waals surface area contributed by atoms with Gasteiger partial charge in [-0.1, -0.05) is 425 Å². The molecular formula is C135H84N12S3. The molecule has 0 N–H and O–H groups in total. The third-order valence-corrected chi connectivity index (χ3v) is 32.0. The summed E-state index contributed by atoms with van der Waals surface area (Å²) in [4.78, 5) is 45.5. The Balaban J connectivity index is 0.000000108. The zero-order chi connectivity index (χ0) is 99.1. The molecular weight excluding hydrogens is 1890 g/mol. The van der Waals surface area contributed by atoms with Crippen molar-refractivity contribution in [2.24, 2.45) is 0 Å². The first-order valence-electron chi connectivity index (χ1n) is 50.1. The van der Waals surface area contributed by atoms with Crippen LogP contribution in [0.2, 0.25) is 0 Å². The molecule has 0 amide bonds. The molecule has 702 valence electrons. The van der Waals surface area contributed by atoms with Crippen LogP contribution in [0.25, 0.3) is 279 Å². The molecule has 30 aromatic rings. The maximum Gasteiger partial charge on any atom is 0.238 e. The first-order chi connectivity index (χ1) is 74.3. The van der Waals surface area contributed by atoms with Gasteiger partial charge in [0.1, 0.15) is 0 Å². The van der Waals surface area contributed by atoms with Gasteiger partial charge in [0, 0.05) is 126 Å². The number of aromatic nitrogens is 12. The summed E-state index contributed by atoms with van der Waals surface area (Å²) in [5.74, 6) is 5.60. The summed E-state index contributed by atoms with van der Waals surface area (Å²) in [6, 6.07) is 179. The number of nitrogens with zero attached hydrogens (tertiary/aromatic N) is 12. The van der Waals surface area contributed by atoms with Crippen molar-refractivity contribution in [2.75, 3.05) is 0 Å². The normalized spacial score (nSPS) is 11.6. The molecule has 0 fully saturated rings. The third kappa shape index (κ3) is 16.1. The van der Waals surface area contributed by atoms with Crippen LogP contribution in [0, 0.1) is 0 Å². The number of fused-ring (bicyclic) bond motifs is 18. The van der Waals surface area contributed by atoms with E-state index in [2.05, 4.69) is 432 Å². The molecule has 0 aliphatic rings. The quantitative estimate of drug-likeness (QED) is 0.0984. The molecule has 0 aliphatic heterocycles. The van der Waals surface area contributed by atoms with Crippen LogP contribution in [0.4, 0.5) is 0 Å². The van der Waals surface area contributed by atoms with Crippen LogP contribution >= 0.6 is 34.0 Å². The molecule has 0 unspecified atom stereocenters. The lowest BCUT2D eigenvalue weighted by Crippen LogP contribution is -2.06. The number of para-hydroxylation sites is 6. The monoisotopic (exact) mass is 1970 g/mol. The molecule has 0 atom stereocenters. The highest BCUT2D eigenvalue weighted by Gasteiger charge is 2.25. The topological polar surface area (TPSA) is 131 Å². The Morgan fingerprint density at radius 1 is 0.133 bits per heavy atom. The van der Waals surface area contributed by atoms with E-state index in [4.69, 9.17) is 44.9 Å². The van der Waals surface area contributed by atoms with Gasteiger partial charge in [0.2, 0.25) is 17.8 Å².